The lowest BCUT2D eigenvalue weighted by Crippen LogP contribution is -2.37. The van der Waals surface area contributed by atoms with Crippen molar-refractivity contribution >= 4 is 0 Å². The zero-order valence-corrected chi connectivity index (χ0v) is 12.3. The summed E-state index contributed by atoms with van der Waals surface area (Å²) in [6.07, 6.45) is 7.57. The third kappa shape index (κ3) is 3.71. The van der Waals surface area contributed by atoms with Crippen LogP contribution in [-0.2, 0) is 4.74 Å². The highest BCUT2D eigenvalue weighted by Gasteiger charge is 2.35. The first-order valence-electron chi connectivity index (χ1n) is 7.88. The van der Waals surface area contributed by atoms with Crippen molar-refractivity contribution in [3.05, 3.63) is 0 Å². The predicted octanol–water partition coefficient (Wildman–Crippen LogP) is 3.62. The maximum atomic E-state index is 10.4. The van der Waals surface area contributed by atoms with E-state index in [0.717, 1.165) is 24.9 Å². The Morgan fingerprint density at radius 3 is 2.22 bits per heavy atom. The zero-order chi connectivity index (χ0) is 13.1. The monoisotopic (exact) mass is 254 g/mol. The summed E-state index contributed by atoms with van der Waals surface area (Å²) >= 11 is 0. The number of hydrogen-bond acceptors (Lipinski definition) is 2. The Labute approximate surface area is 112 Å². The summed E-state index contributed by atoms with van der Waals surface area (Å²) in [5, 5.41) is 10.4. The van der Waals surface area contributed by atoms with Crippen LogP contribution in [0, 0.1) is 23.7 Å². The average molecular weight is 254 g/mol. The second-order valence-corrected chi connectivity index (χ2v) is 6.90. The van der Waals surface area contributed by atoms with E-state index in [4.69, 9.17) is 4.74 Å². The number of hydrogen-bond donors (Lipinski definition) is 1. The molecule has 0 saturated heterocycles. The van der Waals surface area contributed by atoms with Crippen LogP contribution in [0.25, 0.3) is 0 Å². The quantitative estimate of drug-likeness (QED) is 0.812. The lowest BCUT2D eigenvalue weighted by Gasteiger charge is -2.39. The van der Waals surface area contributed by atoms with Gasteiger partial charge < -0.3 is 9.84 Å². The van der Waals surface area contributed by atoms with E-state index < -0.39 is 0 Å². The normalized spacial score (nSPS) is 42.3. The summed E-state index contributed by atoms with van der Waals surface area (Å²) in [5.74, 6) is 2.86. The van der Waals surface area contributed by atoms with E-state index in [9.17, 15) is 5.11 Å². The van der Waals surface area contributed by atoms with Crippen LogP contribution in [0.4, 0.5) is 0 Å². The summed E-state index contributed by atoms with van der Waals surface area (Å²) in [7, 11) is 0. The first-order chi connectivity index (χ1) is 8.58. The SMILES string of the molecule is CCOC1CC(CC(O)C2CC(C)CC(C)C2)C1. The number of rotatable bonds is 5. The minimum Gasteiger partial charge on any atom is -0.393 e. The topological polar surface area (TPSA) is 29.5 Å². The molecule has 3 atom stereocenters. The molecule has 106 valence electrons. The van der Waals surface area contributed by atoms with E-state index in [1.165, 1.54) is 32.1 Å². The van der Waals surface area contributed by atoms with Gasteiger partial charge in [0.05, 0.1) is 12.2 Å². The average Bonchev–Trinajstić information content (AvgIpc) is 2.24. The van der Waals surface area contributed by atoms with Gasteiger partial charge in [0.1, 0.15) is 0 Å². The molecule has 1 N–H and O–H groups in total. The van der Waals surface area contributed by atoms with Crippen molar-refractivity contribution in [3.63, 3.8) is 0 Å². The number of aliphatic hydroxyl groups is 1. The van der Waals surface area contributed by atoms with Gasteiger partial charge in [0.25, 0.3) is 0 Å². The molecule has 0 radical (unpaired) electrons. The first kappa shape index (κ1) is 14.3. The maximum absolute atomic E-state index is 10.4. The summed E-state index contributed by atoms with van der Waals surface area (Å²) < 4.78 is 5.59. The molecule has 0 aromatic heterocycles. The molecule has 2 rings (SSSR count). The van der Waals surface area contributed by atoms with Gasteiger partial charge in [-0.1, -0.05) is 13.8 Å². The van der Waals surface area contributed by atoms with Gasteiger partial charge in [0.15, 0.2) is 0 Å². The molecule has 2 heteroatoms. The molecule has 2 fully saturated rings. The Morgan fingerprint density at radius 1 is 1.06 bits per heavy atom. The van der Waals surface area contributed by atoms with Crippen LogP contribution in [0.1, 0.15) is 59.3 Å². The molecule has 2 nitrogen and oxygen atoms in total. The Bertz CT molecular complexity index is 237. The van der Waals surface area contributed by atoms with Crippen molar-refractivity contribution in [2.75, 3.05) is 6.61 Å². The van der Waals surface area contributed by atoms with Crippen LogP contribution in [0.5, 0.6) is 0 Å². The Hall–Kier alpha value is -0.0800. The molecule has 0 aliphatic heterocycles. The van der Waals surface area contributed by atoms with E-state index in [2.05, 4.69) is 20.8 Å². The Kier molecular flexibility index (Phi) is 5.08. The molecule has 2 aliphatic carbocycles. The molecule has 18 heavy (non-hydrogen) atoms. The molecular weight excluding hydrogens is 224 g/mol. The van der Waals surface area contributed by atoms with Gasteiger partial charge in [-0.3, -0.25) is 0 Å². The second-order valence-electron chi connectivity index (χ2n) is 6.90. The van der Waals surface area contributed by atoms with Crippen molar-refractivity contribution in [3.8, 4) is 0 Å². The molecule has 0 bridgehead atoms. The van der Waals surface area contributed by atoms with Gasteiger partial charge in [0.2, 0.25) is 0 Å². The van der Waals surface area contributed by atoms with Crippen molar-refractivity contribution in [2.24, 2.45) is 23.7 Å². The van der Waals surface area contributed by atoms with Gasteiger partial charge in [-0.15, -0.1) is 0 Å². The van der Waals surface area contributed by atoms with E-state index in [1.807, 2.05) is 0 Å². The number of aliphatic hydroxyl groups excluding tert-OH is 1. The zero-order valence-electron chi connectivity index (χ0n) is 12.3. The third-order valence-electron chi connectivity index (χ3n) is 4.93. The van der Waals surface area contributed by atoms with Gasteiger partial charge in [-0.25, -0.2) is 0 Å². The van der Waals surface area contributed by atoms with E-state index in [-0.39, 0.29) is 6.10 Å². The van der Waals surface area contributed by atoms with Crippen LogP contribution in [0.15, 0.2) is 0 Å². The van der Waals surface area contributed by atoms with E-state index >= 15 is 0 Å². The summed E-state index contributed by atoms with van der Waals surface area (Å²) in [6, 6.07) is 0. The summed E-state index contributed by atoms with van der Waals surface area (Å²) in [6.45, 7) is 7.57. The highest BCUT2D eigenvalue weighted by atomic mass is 16.5. The van der Waals surface area contributed by atoms with E-state index in [0.29, 0.717) is 17.9 Å². The van der Waals surface area contributed by atoms with Crippen molar-refractivity contribution in [1.82, 2.24) is 0 Å². The fourth-order valence-electron chi connectivity index (χ4n) is 4.10. The Balaban J connectivity index is 1.70. The van der Waals surface area contributed by atoms with Crippen LogP contribution in [0.3, 0.4) is 0 Å². The Morgan fingerprint density at radius 2 is 1.67 bits per heavy atom. The molecule has 0 aromatic rings. The minimum absolute atomic E-state index is 0.0669. The molecule has 2 aliphatic rings. The van der Waals surface area contributed by atoms with Crippen molar-refractivity contribution in [1.29, 1.82) is 0 Å². The highest BCUT2D eigenvalue weighted by Crippen LogP contribution is 2.39. The lowest BCUT2D eigenvalue weighted by molar-refractivity contribution is -0.0486. The smallest absolute Gasteiger partial charge is 0.0580 e. The van der Waals surface area contributed by atoms with Gasteiger partial charge in [-0.2, -0.15) is 0 Å². The van der Waals surface area contributed by atoms with E-state index in [1.54, 1.807) is 0 Å². The molecule has 0 heterocycles. The molecule has 0 aromatic carbocycles. The molecule has 0 amide bonds. The van der Waals surface area contributed by atoms with Gasteiger partial charge >= 0.3 is 0 Å². The predicted molar refractivity (Wildman–Crippen MR) is 74.4 cm³/mol. The largest absolute Gasteiger partial charge is 0.393 e. The fourth-order valence-corrected chi connectivity index (χ4v) is 4.10. The maximum Gasteiger partial charge on any atom is 0.0580 e. The molecular formula is C16H30O2. The van der Waals surface area contributed by atoms with Gasteiger partial charge in [0, 0.05) is 6.61 Å². The van der Waals surface area contributed by atoms with Crippen molar-refractivity contribution < 1.29 is 9.84 Å². The molecule has 3 unspecified atom stereocenters. The standard InChI is InChI=1S/C16H30O2/c1-4-18-15-8-13(9-15)10-16(17)14-6-11(2)5-12(3)7-14/h11-17H,4-10H2,1-3H3. The molecule has 2 saturated carbocycles. The lowest BCUT2D eigenvalue weighted by atomic mass is 9.70. The third-order valence-corrected chi connectivity index (χ3v) is 4.93. The summed E-state index contributed by atoms with van der Waals surface area (Å²) in [4.78, 5) is 0. The minimum atomic E-state index is -0.0669. The van der Waals surface area contributed by atoms with Crippen LogP contribution < -0.4 is 0 Å². The van der Waals surface area contributed by atoms with Crippen LogP contribution in [0.2, 0.25) is 0 Å². The van der Waals surface area contributed by atoms with Gasteiger partial charge in [-0.05, 0) is 69.1 Å². The first-order valence-corrected chi connectivity index (χ1v) is 7.88. The summed E-state index contributed by atoms with van der Waals surface area (Å²) in [5.41, 5.74) is 0. The second kappa shape index (κ2) is 6.38. The van der Waals surface area contributed by atoms with Crippen molar-refractivity contribution in [2.45, 2.75) is 71.5 Å². The molecule has 0 spiro atoms. The van der Waals surface area contributed by atoms with Crippen LogP contribution >= 0.6 is 0 Å². The fraction of sp³-hybridized carbons (Fsp3) is 1.00. The van der Waals surface area contributed by atoms with Crippen LogP contribution in [-0.4, -0.2) is 23.9 Å². The number of ether oxygens (including phenoxy) is 1. The highest BCUT2D eigenvalue weighted by molar-refractivity contribution is 4.86.